The molecular formula is C17H28N4. The molecule has 2 aliphatic heterocycles. The molecule has 0 amide bonds. The molecule has 4 nitrogen and oxygen atoms in total. The van der Waals surface area contributed by atoms with Crippen LogP contribution in [0.4, 0.5) is 0 Å². The lowest BCUT2D eigenvalue weighted by Crippen LogP contribution is -2.52. The van der Waals surface area contributed by atoms with E-state index in [-0.39, 0.29) is 0 Å². The Morgan fingerprint density at radius 3 is 2.86 bits per heavy atom. The summed E-state index contributed by atoms with van der Waals surface area (Å²) in [5.74, 6) is 0. The molecule has 2 atom stereocenters. The number of hydrogen-bond donors (Lipinski definition) is 1. The predicted octanol–water partition coefficient (Wildman–Crippen LogP) is 1.90. The first-order valence-corrected chi connectivity index (χ1v) is 8.42. The zero-order valence-electron chi connectivity index (χ0n) is 13.2. The third-order valence-corrected chi connectivity index (χ3v) is 4.79. The van der Waals surface area contributed by atoms with Crippen LogP contribution in [0.25, 0.3) is 0 Å². The number of hydrogen-bond acceptors (Lipinski definition) is 4. The Balaban J connectivity index is 1.73. The smallest absolute Gasteiger partial charge is 0.0491 e. The van der Waals surface area contributed by atoms with Gasteiger partial charge in [-0.25, -0.2) is 0 Å². The summed E-state index contributed by atoms with van der Waals surface area (Å²) in [7, 11) is 0. The Hall–Kier alpha value is -0.970. The van der Waals surface area contributed by atoms with E-state index in [1.165, 1.54) is 37.9 Å². The Bertz CT molecular complexity index is 416. The number of nitrogens with one attached hydrogen (secondary N) is 1. The van der Waals surface area contributed by atoms with Gasteiger partial charge in [0.2, 0.25) is 0 Å². The van der Waals surface area contributed by atoms with Crippen LogP contribution in [0.1, 0.15) is 37.8 Å². The number of nitrogens with zero attached hydrogens (tertiary/aromatic N) is 3. The largest absolute Gasteiger partial charge is 0.312 e. The third-order valence-electron chi connectivity index (χ3n) is 4.79. The summed E-state index contributed by atoms with van der Waals surface area (Å²) in [6, 6.07) is 5.39. The lowest BCUT2D eigenvalue weighted by atomic mass is 10.0. The topological polar surface area (TPSA) is 31.4 Å². The molecule has 116 valence electrons. The van der Waals surface area contributed by atoms with Crippen LogP contribution in [-0.2, 0) is 0 Å². The summed E-state index contributed by atoms with van der Waals surface area (Å²) in [5.41, 5.74) is 1.37. The first-order chi connectivity index (χ1) is 10.3. The van der Waals surface area contributed by atoms with E-state index < -0.39 is 0 Å². The first-order valence-electron chi connectivity index (χ1n) is 8.42. The molecule has 2 aliphatic rings. The Labute approximate surface area is 128 Å². The van der Waals surface area contributed by atoms with E-state index in [4.69, 9.17) is 0 Å². The van der Waals surface area contributed by atoms with Crippen molar-refractivity contribution in [3.8, 4) is 0 Å². The second-order valence-corrected chi connectivity index (χ2v) is 6.51. The number of aromatic nitrogens is 1. The highest BCUT2D eigenvalue weighted by Crippen LogP contribution is 2.24. The minimum Gasteiger partial charge on any atom is -0.312 e. The fraction of sp³-hybridized carbons (Fsp3) is 0.706. The lowest BCUT2D eigenvalue weighted by molar-refractivity contribution is 0.100. The van der Waals surface area contributed by atoms with Gasteiger partial charge in [0.25, 0.3) is 0 Å². The molecule has 21 heavy (non-hydrogen) atoms. The number of pyridine rings is 1. The molecule has 4 heteroatoms. The van der Waals surface area contributed by atoms with Crippen LogP contribution < -0.4 is 5.32 Å². The Kier molecular flexibility index (Phi) is 5.22. The Morgan fingerprint density at radius 2 is 2.14 bits per heavy atom. The molecule has 1 aromatic heterocycles. The van der Waals surface area contributed by atoms with E-state index in [9.17, 15) is 0 Å². The standard InChI is InChI=1S/C17H28N4/c1-15-13-21(11-8-19-15)17(16-6-5-7-18-12-16)14-20-9-3-2-4-10-20/h5-7,12,15,17,19H,2-4,8-11,13-14H2,1H3. The molecule has 0 radical (unpaired) electrons. The van der Waals surface area contributed by atoms with Gasteiger partial charge in [-0.15, -0.1) is 0 Å². The first kappa shape index (κ1) is 14.9. The van der Waals surface area contributed by atoms with Crippen molar-refractivity contribution >= 4 is 0 Å². The van der Waals surface area contributed by atoms with Crippen molar-refractivity contribution in [2.24, 2.45) is 0 Å². The summed E-state index contributed by atoms with van der Waals surface area (Å²) in [4.78, 5) is 9.64. The minimum atomic E-state index is 0.487. The third kappa shape index (κ3) is 4.02. The molecule has 1 N–H and O–H groups in total. The van der Waals surface area contributed by atoms with Crippen molar-refractivity contribution in [1.29, 1.82) is 0 Å². The zero-order chi connectivity index (χ0) is 14.5. The van der Waals surface area contributed by atoms with Gasteiger partial charge in [0.05, 0.1) is 0 Å². The van der Waals surface area contributed by atoms with Crippen molar-refractivity contribution in [1.82, 2.24) is 20.1 Å². The quantitative estimate of drug-likeness (QED) is 0.917. The highest BCUT2D eigenvalue weighted by Gasteiger charge is 2.27. The van der Waals surface area contributed by atoms with Crippen LogP contribution in [0.5, 0.6) is 0 Å². The molecule has 0 aromatic carbocycles. The van der Waals surface area contributed by atoms with Crippen molar-refractivity contribution < 1.29 is 0 Å². The normalized spacial score (nSPS) is 26.6. The van der Waals surface area contributed by atoms with Crippen molar-refractivity contribution in [3.63, 3.8) is 0 Å². The maximum absolute atomic E-state index is 4.35. The monoisotopic (exact) mass is 288 g/mol. The molecule has 0 aliphatic carbocycles. The Morgan fingerprint density at radius 1 is 1.29 bits per heavy atom. The van der Waals surface area contributed by atoms with Gasteiger partial charge in [-0.3, -0.25) is 9.88 Å². The molecule has 2 unspecified atom stereocenters. The SMILES string of the molecule is CC1CN(C(CN2CCCCC2)c2cccnc2)CCN1. The molecule has 0 bridgehead atoms. The van der Waals surface area contributed by atoms with Gasteiger partial charge in [-0.05, 0) is 44.5 Å². The van der Waals surface area contributed by atoms with Gasteiger partial charge >= 0.3 is 0 Å². The van der Waals surface area contributed by atoms with Crippen LogP contribution in [0, 0.1) is 0 Å². The van der Waals surface area contributed by atoms with E-state index in [1.54, 1.807) is 0 Å². The lowest BCUT2D eigenvalue weighted by Gasteiger charge is -2.40. The van der Waals surface area contributed by atoms with E-state index in [0.29, 0.717) is 12.1 Å². The molecule has 2 saturated heterocycles. The van der Waals surface area contributed by atoms with Gasteiger partial charge in [-0.1, -0.05) is 12.5 Å². The van der Waals surface area contributed by atoms with Crippen LogP contribution in [-0.4, -0.2) is 60.1 Å². The average molecular weight is 288 g/mol. The molecule has 2 fully saturated rings. The van der Waals surface area contributed by atoms with Crippen LogP contribution in [0.3, 0.4) is 0 Å². The van der Waals surface area contributed by atoms with Gasteiger partial charge < -0.3 is 10.2 Å². The molecule has 3 rings (SSSR count). The minimum absolute atomic E-state index is 0.487. The van der Waals surface area contributed by atoms with E-state index in [1.807, 2.05) is 6.20 Å². The van der Waals surface area contributed by atoms with Crippen molar-refractivity contribution in [2.45, 2.75) is 38.3 Å². The fourth-order valence-corrected chi connectivity index (χ4v) is 3.64. The van der Waals surface area contributed by atoms with Crippen molar-refractivity contribution in [2.75, 3.05) is 39.3 Å². The second kappa shape index (κ2) is 7.34. The van der Waals surface area contributed by atoms with E-state index >= 15 is 0 Å². The summed E-state index contributed by atoms with van der Waals surface area (Å²) in [6.45, 7) is 9.33. The van der Waals surface area contributed by atoms with Crippen LogP contribution in [0.2, 0.25) is 0 Å². The van der Waals surface area contributed by atoms with Gasteiger partial charge in [0.15, 0.2) is 0 Å². The van der Waals surface area contributed by atoms with E-state index in [2.05, 4.69) is 45.4 Å². The molecule has 0 saturated carbocycles. The average Bonchev–Trinajstić information content (AvgIpc) is 2.54. The summed E-state index contributed by atoms with van der Waals surface area (Å²) < 4.78 is 0. The molecule has 0 spiro atoms. The predicted molar refractivity (Wildman–Crippen MR) is 86.3 cm³/mol. The van der Waals surface area contributed by atoms with E-state index in [0.717, 1.165) is 26.2 Å². The van der Waals surface area contributed by atoms with Crippen LogP contribution in [0.15, 0.2) is 24.5 Å². The van der Waals surface area contributed by atoms with Gasteiger partial charge in [-0.2, -0.15) is 0 Å². The highest BCUT2D eigenvalue weighted by atomic mass is 15.3. The maximum Gasteiger partial charge on any atom is 0.0491 e. The number of piperidine rings is 1. The second-order valence-electron chi connectivity index (χ2n) is 6.51. The maximum atomic E-state index is 4.35. The zero-order valence-corrected chi connectivity index (χ0v) is 13.2. The number of piperazine rings is 1. The molecule has 1 aromatic rings. The molecular weight excluding hydrogens is 260 g/mol. The van der Waals surface area contributed by atoms with Gasteiger partial charge in [0, 0.05) is 50.7 Å². The summed E-state index contributed by atoms with van der Waals surface area (Å²) in [5, 5.41) is 3.55. The highest BCUT2D eigenvalue weighted by molar-refractivity contribution is 5.15. The van der Waals surface area contributed by atoms with Crippen molar-refractivity contribution in [3.05, 3.63) is 30.1 Å². The van der Waals surface area contributed by atoms with Gasteiger partial charge in [0.1, 0.15) is 0 Å². The number of rotatable bonds is 4. The van der Waals surface area contributed by atoms with Crippen LogP contribution >= 0.6 is 0 Å². The summed E-state index contributed by atoms with van der Waals surface area (Å²) in [6.07, 6.45) is 8.05. The number of likely N-dealkylation sites (tertiary alicyclic amines) is 1. The molecule has 3 heterocycles. The fourth-order valence-electron chi connectivity index (χ4n) is 3.64. The summed E-state index contributed by atoms with van der Waals surface area (Å²) >= 11 is 0.